The minimum absolute atomic E-state index is 0.0415. The highest BCUT2D eigenvalue weighted by atomic mass is 28.4. The Kier molecular flexibility index (Phi) is 3.19. The summed E-state index contributed by atoms with van der Waals surface area (Å²) in [7, 11) is -1.63. The summed E-state index contributed by atoms with van der Waals surface area (Å²) in [5.74, 6) is 0. The van der Waals surface area contributed by atoms with Crippen LogP contribution in [0.3, 0.4) is 0 Å². The van der Waals surface area contributed by atoms with Crippen LogP contribution in [-0.4, -0.2) is 33.3 Å². The molecule has 1 heterocycles. The predicted molar refractivity (Wildman–Crippen MR) is 59.9 cm³/mol. The summed E-state index contributed by atoms with van der Waals surface area (Å²) in [6, 6.07) is 0.307. The van der Waals surface area contributed by atoms with Gasteiger partial charge in [0.1, 0.15) is 6.29 Å². The summed E-state index contributed by atoms with van der Waals surface area (Å²) >= 11 is 0. The van der Waals surface area contributed by atoms with Crippen LogP contribution in [0, 0.1) is 0 Å². The molecule has 0 aromatic rings. The standard InChI is InChI=1S/C10H21NO2Si/c1-10(2,3)14(4,5)13-7-9-8(6-12)11-9/h6,8-9,11H,7H2,1-5H3/t8-,9+/m0/s1. The number of nitrogens with one attached hydrogen (secondary N) is 1. The van der Waals surface area contributed by atoms with Crippen molar-refractivity contribution in [3.8, 4) is 0 Å². The third kappa shape index (κ3) is 2.65. The fraction of sp³-hybridized carbons (Fsp3) is 0.900. The van der Waals surface area contributed by atoms with E-state index in [1.54, 1.807) is 0 Å². The Morgan fingerprint density at radius 3 is 2.36 bits per heavy atom. The van der Waals surface area contributed by atoms with Crippen molar-refractivity contribution in [2.24, 2.45) is 0 Å². The van der Waals surface area contributed by atoms with Crippen molar-refractivity contribution in [1.29, 1.82) is 0 Å². The molecule has 1 aliphatic rings. The fourth-order valence-corrected chi connectivity index (χ4v) is 2.02. The van der Waals surface area contributed by atoms with Crippen molar-refractivity contribution in [3.05, 3.63) is 0 Å². The van der Waals surface area contributed by atoms with E-state index in [0.717, 1.165) is 6.29 Å². The van der Waals surface area contributed by atoms with Crippen molar-refractivity contribution in [2.75, 3.05) is 6.61 Å². The molecule has 0 radical (unpaired) electrons. The number of carbonyl (C=O) groups is 1. The predicted octanol–water partition coefficient (Wildman–Crippen LogP) is 1.55. The molecule has 1 fully saturated rings. The quantitative estimate of drug-likeness (QED) is 0.440. The van der Waals surface area contributed by atoms with Gasteiger partial charge in [-0.2, -0.15) is 0 Å². The monoisotopic (exact) mass is 215 g/mol. The van der Waals surface area contributed by atoms with Gasteiger partial charge in [0.2, 0.25) is 0 Å². The zero-order valence-electron chi connectivity index (χ0n) is 9.76. The molecule has 0 bridgehead atoms. The zero-order chi connectivity index (χ0) is 11.0. The van der Waals surface area contributed by atoms with E-state index in [1.165, 1.54) is 0 Å². The molecule has 82 valence electrons. The maximum absolute atomic E-state index is 10.4. The second-order valence-electron chi connectivity index (χ2n) is 5.51. The lowest BCUT2D eigenvalue weighted by Crippen LogP contribution is -2.41. The molecule has 0 spiro atoms. The molecule has 14 heavy (non-hydrogen) atoms. The van der Waals surface area contributed by atoms with E-state index in [-0.39, 0.29) is 17.1 Å². The van der Waals surface area contributed by atoms with E-state index >= 15 is 0 Å². The molecule has 0 aliphatic carbocycles. The Morgan fingerprint density at radius 2 is 2.00 bits per heavy atom. The van der Waals surface area contributed by atoms with Gasteiger partial charge >= 0.3 is 0 Å². The summed E-state index contributed by atoms with van der Waals surface area (Å²) in [5, 5.41) is 3.32. The maximum atomic E-state index is 10.4. The fourth-order valence-electron chi connectivity index (χ4n) is 0.992. The second-order valence-corrected chi connectivity index (χ2v) is 10.3. The van der Waals surface area contributed by atoms with E-state index in [2.05, 4.69) is 39.2 Å². The van der Waals surface area contributed by atoms with Crippen molar-refractivity contribution in [1.82, 2.24) is 5.32 Å². The third-order valence-corrected chi connectivity index (χ3v) is 7.81. The highest BCUT2D eigenvalue weighted by molar-refractivity contribution is 6.74. The lowest BCUT2D eigenvalue weighted by atomic mass is 10.2. The highest BCUT2D eigenvalue weighted by Crippen LogP contribution is 2.36. The van der Waals surface area contributed by atoms with Gasteiger partial charge in [0, 0.05) is 0 Å². The molecule has 2 atom stereocenters. The van der Waals surface area contributed by atoms with Crippen LogP contribution < -0.4 is 5.32 Å². The van der Waals surface area contributed by atoms with Gasteiger partial charge in [-0.25, -0.2) is 0 Å². The van der Waals surface area contributed by atoms with Crippen molar-refractivity contribution in [2.45, 2.75) is 51.0 Å². The molecule has 3 nitrogen and oxygen atoms in total. The van der Waals surface area contributed by atoms with Crippen LogP contribution in [0.4, 0.5) is 0 Å². The maximum Gasteiger partial charge on any atom is 0.192 e. The number of hydrogen-bond acceptors (Lipinski definition) is 3. The first-order valence-electron chi connectivity index (χ1n) is 5.13. The van der Waals surface area contributed by atoms with Crippen LogP contribution in [0.5, 0.6) is 0 Å². The lowest BCUT2D eigenvalue weighted by Gasteiger charge is -2.36. The lowest BCUT2D eigenvalue weighted by molar-refractivity contribution is -0.107. The first-order chi connectivity index (χ1) is 6.28. The minimum Gasteiger partial charge on any atom is -0.415 e. The normalized spacial score (nSPS) is 27.5. The summed E-state index contributed by atoms with van der Waals surface area (Å²) in [6.45, 7) is 11.8. The topological polar surface area (TPSA) is 48.2 Å². The number of carbonyl (C=O) groups excluding carboxylic acids is 1. The van der Waals surface area contributed by atoms with Crippen molar-refractivity contribution < 1.29 is 9.22 Å². The van der Waals surface area contributed by atoms with E-state index in [0.29, 0.717) is 6.61 Å². The number of rotatable bonds is 4. The Hall–Kier alpha value is -0.193. The van der Waals surface area contributed by atoms with Gasteiger partial charge in [0.15, 0.2) is 8.32 Å². The second kappa shape index (κ2) is 3.75. The van der Waals surface area contributed by atoms with Crippen LogP contribution in [0.2, 0.25) is 18.1 Å². The van der Waals surface area contributed by atoms with E-state index in [4.69, 9.17) is 4.43 Å². The number of aldehydes is 1. The SMILES string of the molecule is CC(C)(C)[Si](C)(C)OC[C@H]1N[C@H]1C=O. The largest absolute Gasteiger partial charge is 0.415 e. The average molecular weight is 215 g/mol. The van der Waals surface area contributed by atoms with E-state index < -0.39 is 8.32 Å². The van der Waals surface area contributed by atoms with Crippen molar-refractivity contribution in [3.63, 3.8) is 0 Å². The number of hydrogen-bond donors (Lipinski definition) is 1. The van der Waals surface area contributed by atoms with Crippen LogP contribution in [-0.2, 0) is 9.22 Å². The Bertz CT molecular complexity index is 223. The molecule has 0 unspecified atom stereocenters. The molecular formula is C10H21NO2Si. The summed E-state index contributed by atoms with van der Waals surface area (Å²) < 4.78 is 5.97. The summed E-state index contributed by atoms with van der Waals surface area (Å²) in [4.78, 5) is 10.4. The molecule has 0 amide bonds. The molecule has 0 aromatic heterocycles. The van der Waals surface area contributed by atoms with Gasteiger partial charge in [-0.3, -0.25) is 5.32 Å². The van der Waals surface area contributed by atoms with Crippen molar-refractivity contribution >= 4 is 14.6 Å². The third-order valence-electron chi connectivity index (χ3n) is 3.31. The first-order valence-corrected chi connectivity index (χ1v) is 8.04. The Morgan fingerprint density at radius 1 is 1.43 bits per heavy atom. The molecule has 1 saturated heterocycles. The van der Waals surface area contributed by atoms with E-state index in [1.807, 2.05) is 0 Å². The van der Waals surface area contributed by atoms with E-state index in [9.17, 15) is 4.79 Å². The van der Waals surface area contributed by atoms with Crippen LogP contribution in [0.25, 0.3) is 0 Å². The van der Waals surface area contributed by atoms with Gasteiger partial charge in [0.25, 0.3) is 0 Å². The average Bonchev–Trinajstić information content (AvgIpc) is 2.77. The summed E-state index contributed by atoms with van der Waals surface area (Å²) in [6.07, 6.45) is 0.958. The van der Waals surface area contributed by atoms with Crippen LogP contribution in [0.15, 0.2) is 0 Å². The molecular weight excluding hydrogens is 194 g/mol. The molecule has 1 N–H and O–H groups in total. The molecule has 1 rings (SSSR count). The van der Waals surface area contributed by atoms with Gasteiger partial charge in [-0.15, -0.1) is 0 Å². The molecule has 0 aromatic carbocycles. The van der Waals surface area contributed by atoms with Gasteiger partial charge < -0.3 is 9.22 Å². The van der Waals surface area contributed by atoms with Crippen LogP contribution in [0.1, 0.15) is 20.8 Å². The minimum atomic E-state index is -1.63. The van der Waals surface area contributed by atoms with Gasteiger partial charge in [-0.1, -0.05) is 20.8 Å². The molecule has 1 aliphatic heterocycles. The van der Waals surface area contributed by atoms with Crippen LogP contribution >= 0.6 is 0 Å². The highest BCUT2D eigenvalue weighted by Gasteiger charge is 2.41. The smallest absolute Gasteiger partial charge is 0.192 e. The van der Waals surface area contributed by atoms with Gasteiger partial charge in [0.05, 0.1) is 18.7 Å². The zero-order valence-corrected chi connectivity index (χ0v) is 10.8. The summed E-state index contributed by atoms with van der Waals surface area (Å²) in [5.41, 5.74) is 0. The molecule has 0 saturated carbocycles. The Balaban J connectivity index is 2.34. The molecule has 4 heteroatoms. The van der Waals surface area contributed by atoms with Gasteiger partial charge in [-0.05, 0) is 18.1 Å². The Labute approximate surface area is 87.3 Å². The first kappa shape index (κ1) is 11.9.